The minimum atomic E-state index is 0.311. The Hall–Kier alpha value is -2.48. The first-order chi connectivity index (χ1) is 12.7. The van der Waals surface area contributed by atoms with Crippen LogP contribution < -0.4 is 4.90 Å². The van der Waals surface area contributed by atoms with E-state index in [9.17, 15) is 4.79 Å². The molecule has 0 radical (unpaired) electrons. The number of likely N-dealkylation sites (tertiary alicyclic amines) is 1. The number of aromatic nitrogens is 4. The summed E-state index contributed by atoms with van der Waals surface area (Å²) < 4.78 is 1.77. The van der Waals surface area contributed by atoms with E-state index in [1.54, 1.807) is 10.9 Å². The smallest absolute Gasteiger partial charge is 0.222 e. The van der Waals surface area contributed by atoms with Crippen molar-refractivity contribution < 1.29 is 4.79 Å². The molecule has 138 valence electrons. The number of hydrogen-bond donors (Lipinski definition) is 0. The van der Waals surface area contributed by atoms with Gasteiger partial charge in [-0.3, -0.25) is 9.69 Å². The van der Waals surface area contributed by atoms with E-state index in [0.29, 0.717) is 5.91 Å². The molecule has 8 nitrogen and oxygen atoms in total. The second-order valence-corrected chi connectivity index (χ2v) is 6.90. The molecule has 2 aromatic heterocycles. The van der Waals surface area contributed by atoms with Crippen LogP contribution in [-0.4, -0.2) is 81.3 Å². The molecule has 4 rings (SSSR count). The molecule has 2 aromatic rings. The molecule has 8 heteroatoms. The van der Waals surface area contributed by atoms with Gasteiger partial charge in [-0.2, -0.15) is 5.10 Å². The Morgan fingerprint density at radius 1 is 1.04 bits per heavy atom. The van der Waals surface area contributed by atoms with E-state index in [-0.39, 0.29) is 0 Å². The zero-order valence-corrected chi connectivity index (χ0v) is 15.2. The molecule has 0 aromatic carbocycles. The maximum atomic E-state index is 11.7. The van der Waals surface area contributed by atoms with E-state index in [2.05, 4.69) is 24.9 Å². The first kappa shape index (κ1) is 17.0. The summed E-state index contributed by atoms with van der Waals surface area (Å²) in [5, 5.41) is 4.26. The third-order valence-corrected chi connectivity index (χ3v) is 5.10. The lowest BCUT2D eigenvalue weighted by molar-refractivity contribution is -0.127. The summed E-state index contributed by atoms with van der Waals surface area (Å²) in [6, 6.07) is 3.89. The predicted molar refractivity (Wildman–Crippen MR) is 98.4 cm³/mol. The van der Waals surface area contributed by atoms with E-state index in [1.165, 1.54) is 0 Å². The summed E-state index contributed by atoms with van der Waals surface area (Å²) in [7, 11) is 0. The number of carbonyl (C=O) groups excluding carboxylic acids is 1. The maximum absolute atomic E-state index is 11.7. The van der Waals surface area contributed by atoms with Gasteiger partial charge in [0.2, 0.25) is 5.91 Å². The van der Waals surface area contributed by atoms with Gasteiger partial charge in [-0.15, -0.1) is 0 Å². The van der Waals surface area contributed by atoms with E-state index >= 15 is 0 Å². The molecular weight excluding hydrogens is 330 g/mol. The van der Waals surface area contributed by atoms with Gasteiger partial charge in [0.1, 0.15) is 11.6 Å². The zero-order valence-electron chi connectivity index (χ0n) is 15.2. The Labute approximate surface area is 153 Å². The Morgan fingerprint density at radius 3 is 2.54 bits per heavy atom. The molecule has 2 saturated heterocycles. The SMILES string of the molecule is Cc1nc(N2CCN(CCN3CCCC3=O)CC2)cc(-n2cccn2)n1. The Kier molecular flexibility index (Phi) is 4.83. The van der Waals surface area contributed by atoms with Crippen LogP contribution in [0.15, 0.2) is 24.5 Å². The van der Waals surface area contributed by atoms with E-state index < -0.39 is 0 Å². The number of anilines is 1. The van der Waals surface area contributed by atoms with Crippen molar-refractivity contribution in [1.29, 1.82) is 0 Å². The number of aryl methyl sites for hydroxylation is 1. The van der Waals surface area contributed by atoms with E-state index in [0.717, 1.165) is 76.1 Å². The van der Waals surface area contributed by atoms with Gasteiger partial charge in [0.25, 0.3) is 0 Å². The Bertz CT molecular complexity index is 753. The molecule has 0 saturated carbocycles. The molecule has 2 aliphatic rings. The maximum Gasteiger partial charge on any atom is 0.222 e. The molecule has 1 amide bonds. The van der Waals surface area contributed by atoms with E-state index in [1.807, 2.05) is 30.2 Å². The van der Waals surface area contributed by atoms with Crippen molar-refractivity contribution in [1.82, 2.24) is 29.5 Å². The summed E-state index contributed by atoms with van der Waals surface area (Å²) in [6.45, 7) is 8.50. The number of carbonyl (C=O) groups is 1. The second-order valence-electron chi connectivity index (χ2n) is 6.90. The molecular formula is C18H25N7O. The average Bonchev–Trinajstić information content (AvgIpc) is 3.32. The van der Waals surface area contributed by atoms with Crippen molar-refractivity contribution in [3.05, 3.63) is 30.4 Å². The average molecular weight is 355 g/mol. The van der Waals surface area contributed by atoms with Gasteiger partial charge < -0.3 is 9.80 Å². The molecule has 26 heavy (non-hydrogen) atoms. The minimum absolute atomic E-state index is 0.311. The molecule has 2 fully saturated rings. The molecule has 0 spiro atoms. The molecule has 0 N–H and O–H groups in total. The highest BCUT2D eigenvalue weighted by Crippen LogP contribution is 2.17. The number of rotatable bonds is 5. The second kappa shape index (κ2) is 7.41. The first-order valence-corrected chi connectivity index (χ1v) is 9.30. The van der Waals surface area contributed by atoms with Crippen LogP contribution >= 0.6 is 0 Å². The van der Waals surface area contributed by atoms with Crippen LogP contribution in [0.3, 0.4) is 0 Å². The normalized spacial score (nSPS) is 18.7. The lowest BCUT2D eigenvalue weighted by Crippen LogP contribution is -2.49. The summed E-state index contributed by atoms with van der Waals surface area (Å²) in [5.74, 6) is 2.82. The fourth-order valence-corrected chi connectivity index (χ4v) is 3.62. The number of piperazine rings is 1. The predicted octanol–water partition coefficient (Wildman–Crippen LogP) is 0.715. The van der Waals surface area contributed by atoms with Crippen LogP contribution in [0.25, 0.3) is 5.82 Å². The van der Waals surface area contributed by atoms with Gasteiger partial charge >= 0.3 is 0 Å². The standard InChI is InChI=1S/C18H25N7O/c1-15-20-16(14-17(21-15)25-7-3-5-19-25)23-11-8-22(9-12-23)10-13-24-6-2-4-18(24)26/h3,5,7,14H,2,4,6,8-13H2,1H3. The van der Waals surface area contributed by atoms with Crippen LogP contribution in [-0.2, 0) is 4.79 Å². The Balaban J connectivity index is 1.35. The Morgan fingerprint density at radius 2 is 1.85 bits per heavy atom. The van der Waals surface area contributed by atoms with Crippen molar-refractivity contribution in [2.45, 2.75) is 19.8 Å². The van der Waals surface area contributed by atoms with Crippen LogP contribution in [0.1, 0.15) is 18.7 Å². The third kappa shape index (κ3) is 3.70. The van der Waals surface area contributed by atoms with Crippen LogP contribution in [0.2, 0.25) is 0 Å². The van der Waals surface area contributed by atoms with Gasteiger partial charge in [0.05, 0.1) is 0 Å². The summed E-state index contributed by atoms with van der Waals surface area (Å²) in [4.78, 5) is 27.6. The van der Waals surface area contributed by atoms with Gasteiger partial charge in [0.15, 0.2) is 5.82 Å². The van der Waals surface area contributed by atoms with Gasteiger partial charge in [-0.1, -0.05) is 0 Å². The number of hydrogen-bond acceptors (Lipinski definition) is 6. The highest BCUT2D eigenvalue weighted by Gasteiger charge is 2.23. The van der Waals surface area contributed by atoms with Crippen molar-refractivity contribution >= 4 is 11.7 Å². The topological polar surface area (TPSA) is 70.4 Å². The van der Waals surface area contributed by atoms with Gasteiger partial charge in [-0.05, 0) is 19.4 Å². The van der Waals surface area contributed by atoms with Crippen molar-refractivity contribution in [3.63, 3.8) is 0 Å². The zero-order chi connectivity index (χ0) is 17.9. The summed E-state index contributed by atoms with van der Waals surface area (Å²) >= 11 is 0. The van der Waals surface area contributed by atoms with Crippen molar-refractivity contribution in [3.8, 4) is 5.82 Å². The first-order valence-electron chi connectivity index (χ1n) is 9.30. The van der Waals surface area contributed by atoms with E-state index in [4.69, 9.17) is 0 Å². The minimum Gasteiger partial charge on any atom is -0.354 e. The molecule has 0 atom stereocenters. The summed E-state index contributed by atoms with van der Waals surface area (Å²) in [6.07, 6.45) is 5.38. The highest BCUT2D eigenvalue weighted by atomic mass is 16.2. The fraction of sp³-hybridized carbons (Fsp3) is 0.556. The number of nitrogens with zero attached hydrogens (tertiary/aromatic N) is 7. The lowest BCUT2D eigenvalue weighted by atomic mass is 10.3. The molecule has 2 aliphatic heterocycles. The molecule has 4 heterocycles. The monoisotopic (exact) mass is 355 g/mol. The van der Waals surface area contributed by atoms with Gasteiger partial charge in [-0.25, -0.2) is 14.6 Å². The molecule has 0 unspecified atom stereocenters. The van der Waals surface area contributed by atoms with Gasteiger partial charge in [0, 0.05) is 70.7 Å². The highest BCUT2D eigenvalue weighted by molar-refractivity contribution is 5.78. The van der Waals surface area contributed by atoms with Crippen molar-refractivity contribution in [2.24, 2.45) is 0 Å². The molecule has 0 aliphatic carbocycles. The largest absolute Gasteiger partial charge is 0.354 e. The van der Waals surface area contributed by atoms with Crippen LogP contribution in [0.5, 0.6) is 0 Å². The number of amides is 1. The lowest BCUT2D eigenvalue weighted by Gasteiger charge is -2.36. The third-order valence-electron chi connectivity index (χ3n) is 5.10. The van der Waals surface area contributed by atoms with Crippen LogP contribution in [0, 0.1) is 6.92 Å². The fourth-order valence-electron chi connectivity index (χ4n) is 3.62. The van der Waals surface area contributed by atoms with Crippen molar-refractivity contribution in [2.75, 3.05) is 50.7 Å². The van der Waals surface area contributed by atoms with Crippen LogP contribution in [0.4, 0.5) is 5.82 Å². The molecule has 0 bridgehead atoms. The summed E-state index contributed by atoms with van der Waals surface area (Å²) in [5.41, 5.74) is 0. The quantitative estimate of drug-likeness (QED) is 0.787.